The predicted molar refractivity (Wildman–Crippen MR) is 214 cm³/mol. The van der Waals surface area contributed by atoms with Crippen LogP contribution in [0.25, 0.3) is 66.6 Å². The second-order valence-electron chi connectivity index (χ2n) is 13.1. The molecule has 0 saturated carbocycles. The van der Waals surface area contributed by atoms with Crippen LogP contribution in [0.4, 0.5) is 0 Å². The van der Waals surface area contributed by atoms with E-state index in [-0.39, 0.29) is 0 Å². The summed E-state index contributed by atoms with van der Waals surface area (Å²) in [6, 6.07) is 42.6. The standard InChI is InChI=1S/2C22H15N5O/c28-14-16-3-1-4-18(12-16)20-8-9-21-22(24-20)27(26-25-21)13-15-6-7-19-17(11-15)5-2-10-23-19;28-14-15-3-6-17(7-4-15)20-9-10-21-22(24-20)27(26-25-21)13-16-5-8-19-18(12-16)2-1-11-23-19/h2*1-12,14H,13H2. The lowest BCUT2D eigenvalue weighted by Gasteiger charge is -2.06. The molecule has 0 atom stereocenters. The van der Waals surface area contributed by atoms with Crippen molar-refractivity contribution >= 4 is 56.7 Å². The first-order valence-electron chi connectivity index (χ1n) is 17.8. The van der Waals surface area contributed by atoms with Gasteiger partial charge in [0, 0.05) is 45.4 Å². The number of hydrogen-bond donors (Lipinski definition) is 0. The monoisotopic (exact) mass is 730 g/mol. The van der Waals surface area contributed by atoms with Gasteiger partial charge in [0.2, 0.25) is 0 Å². The molecule has 6 heterocycles. The zero-order valence-corrected chi connectivity index (χ0v) is 29.7. The number of fused-ring (bicyclic) bond motifs is 4. The second kappa shape index (κ2) is 14.9. The molecule has 4 aromatic carbocycles. The average molecular weight is 731 g/mol. The van der Waals surface area contributed by atoms with Crippen LogP contribution < -0.4 is 0 Å². The first-order chi connectivity index (χ1) is 27.6. The van der Waals surface area contributed by atoms with Gasteiger partial charge in [-0.05, 0) is 77.9 Å². The summed E-state index contributed by atoms with van der Waals surface area (Å²) in [7, 11) is 0. The Hall–Kier alpha value is -7.86. The van der Waals surface area contributed by atoms with Gasteiger partial charge in [-0.3, -0.25) is 19.6 Å². The smallest absolute Gasteiger partial charge is 0.179 e. The summed E-state index contributed by atoms with van der Waals surface area (Å²) in [5.41, 5.74) is 11.7. The second-order valence-corrected chi connectivity index (χ2v) is 13.1. The fourth-order valence-electron chi connectivity index (χ4n) is 6.54. The Morgan fingerprint density at radius 1 is 0.464 bits per heavy atom. The van der Waals surface area contributed by atoms with Crippen molar-refractivity contribution in [3.05, 3.63) is 168 Å². The average Bonchev–Trinajstić information content (AvgIpc) is 3.86. The Morgan fingerprint density at radius 2 is 1.00 bits per heavy atom. The van der Waals surface area contributed by atoms with Crippen LogP contribution in [0.1, 0.15) is 31.8 Å². The van der Waals surface area contributed by atoms with Crippen molar-refractivity contribution < 1.29 is 9.59 Å². The predicted octanol–water partition coefficient (Wildman–Crippen LogP) is 7.80. The summed E-state index contributed by atoms with van der Waals surface area (Å²) in [5, 5.41) is 19.2. The number of rotatable bonds is 8. The molecular weight excluding hydrogens is 701 g/mol. The molecule has 0 spiro atoms. The van der Waals surface area contributed by atoms with Crippen LogP contribution in [0.5, 0.6) is 0 Å². The summed E-state index contributed by atoms with van der Waals surface area (Å²) in [4.78, 5) is 40.1. The molecule has 10 aromatic rings. The normalized spacial score (nSPS) is 11.1. The Balaban J connectivity index is 0.000000146. The third kappa shape index (κ3) is 6.97. The van der Waals surface area contributed by atoms with Crippen LogP contribution in [-0.2, 0) is 13.1 Å². The number of nitrogens with zero attached hydrogens (tertiary/aromatic N) is 10. The number of benzene rings is 4. The van der Waals surface area contributed by atoms with Gasteiger partial charge < -0.3 is 0 Å². The number of aromatic nitrogens is 10. The van der Waals surface area contributed by atoms with E-state index in [1.165, 1.54) is 0 Å². The molecule has 0 saturated heterocycles. The first-order valence-corrected chi connectivity index (χ1v) is 17.8. The van der Waals surface area contributed by atoms with E-state index < -0.39 is 0 Å². The highest BCUT2D eigenvalue weighted by Crippen LogP contribution is 2.24. The SMILES string of the molecule is O=Cc1ccc(-c2ccc3nnn(Cc4ccc5ncccc5c4)c3n2)cc1.O=Cc1cccc(-c2ccc3nnn(Cc4ccc5ncccc5c4)c3n2)c1. The molecule has 6 aromatic heterocycles. The molecule has 0 N–H and O–H groups in total. The lowest BCUT2D eigenvalue weighted by molar-refractivity contribution is 0.111. The van der Waals surface area contributed by atoms with Crippen LogP contribution in [-0.4, -0.2) is 62.5 Å². The van der Waals surface area contributed by atoms with Crippen molar-refractivity contribution in [1.82, 2.24) is 49.9 Å². The van der Waals surface area contributed by atoms with Crippen LogP contribution in [0.3, 0.4) is 0 Å². The van der Waals surface area contributed by atoms with Crippen LogP contribution in [0, 0.1) is 0 Å². The summed E-state index contributed by atoms with van der Waals surface area (Å²) < 4.78 is 3.59. The van der Waals surface area contributed by atoms with E-state index in [1.54, 1.807) is 40.0 Å². The van der Waals surface area contributed by atoms with Crippen LogP contribution >= 0.6 is 0 Å². The maximum absolute atomic E-state index is 11.1. The Labute approximate surface area is 319 Å². The zero-order valence-electron chi connectivity index (χ0n) is 29.7. The van der Waals surface area contributed by atoms with Crippen molar-refractivity contribution in [3.8, 4) is 22.5 Å². The number of hydrogen-bond acceptors (Lipinski definition) is 10. The van der Waals surface area contributed by atoms with Crippen LogP contribution in [0.15, 0.2) is 146 Å². The van der Waals surface area contributed by atoms with E-state index in [4.69, 9.17) is 9.97 Å². The maximum atomic E-state index is 11.1. The van der Waals surface area contributed by atoms with Gasteiger partial charge in [0.15, 0.2) is 11.3 Å². The number of carbonyl (C=O) groups is 2. The third-order valence-corrected chi connectivity index (χ3v) is 9.38. The van der Waals surface area contributed by atoms with Crippen molar-refractivity contribution in [2.24, 2.45) is 0 Å². The number of carbonyl (C=O) groups excluding carboxylic acids is 2. The minimum absolute atomic E-state index is 0.562. The molecule has 56 heavy (non-hydrogen) atoms. The highest BCUT2D eigenvalue weighted by atomic mass is 16.1. The van der Waals surface area contributed by atoms with Crippen molar-refractivity contribution in [2.75, 3.05) is 0 Å². The zero-order chi connectivity index (χ0) is 37.8. The lowest BCUT2D eigenvalue weighted by atomic mass is 10.1. The first kappa shape index (κ1) is 33.9. The number of aldehydes is 2. The van der Waals surface area contributed by atoms with Gasteiger partial charge in [-0.1, -0.05) is 77.2 Å². The van der Waals surface area contributed by atoms with E-state index in [1.807, 2.05) is 103 Å². The van der Waals surface area contributed by atoms with Gasteiger partial charge in [0.1, 0.15) is 23.6 Å². The molecule has 0 radical (unpaired) electrons. The molecule has 12 heteroatoms. The molecule has 0 amide bonds. The Morgan fingerprint density at radius 3 is 1.55 bits per heavy atom. The highest BCUT2D eigenvalue weighted by Gasteiger charge is 2.12. The van der Waals surface area contributed by atoms with Gasteiger partial charge in [0.05, 0.1) is 35.5 Å². The topological polar surface area (TPSA) is 147 Å². The van der Waals surface area contributed by atoms with Gasteiger partial charge in [-0.25, -0.2) is 19.3 Å². The van der Waals surface area contributed by atoms with E-state index in [0.29, 0.717) is 29.9 Å². The molecule has 0 aliphatic heterocycles. The van der Waals surface area contributed by atoms with Gasteiger partial charge in [0.25, 0.3) is 0 Å². The van der Waals surface area contributed by atoms with Crippen molar-refractivity contribution in [1.29, 1.82) is 0 Å². The Bertz CT molecular complexity index is 3050. The quantitative estimate of drug-likeness (QED) is 0.142. The largest absolute Gasteiger partial charge is 0.298 e. The highest BCUT2D eigenvalue weighted by molar-refractivity contribution is 5.82. The fourth-order valence-corrected chi connectivity index (χ4v) is 6.54. The third-order valence-electron chi connectivity index (χ3n) is 9.38. The molecule has 268 valence electrons. The lowest BCUT2D eigenvalue weighted by Crippen LogP contribution is -2.03. The van der Waals surface area contributed by atoms with Crippen molar-refractivity contribution in [2.45, 2.75) is 13.1 Å². The molecule has 12 nitrogen and oxygen atoms in total. The van der Waals surface area contributed by atoms with E-state index in [2.05, 4.69) is 42.7 Å². The minimum Gasteiger partial charge on any atom is -0.298 e. The van der Waals surface area contributed by atoms with E-state index in [0.717, 1.165) is 84.7 Å². The van der Waals surface area contributed by atoms with Gasteiger partial charge >= 0.3 is 0 Å². The van der Waals surface area contributed by atoms with E-state index in [9.17, 15) is 9.59 Å². The van der Waals surface area contributed by atoms with Gasteiger partial charge in [-0.15, -0.1) is 10.2 Å². The molecule has 0 fully saturated rings. The maximum Gasteiger partial charge on any atom is 0.179 e. The van der Waals surface area contributed by atoms with Crippen LogP contribution in [0.2, 0.25) is 0 Å². The van der Waals surface area contributed by atoms with E-state index >= 15 is 0 Å². The van der Waals surface area contributed by atoms with Crippen molar-refractivity contribution in [3.63, 3.8) is 0 Å². The van der Waals surface area contributed by atoms with Gasteiger partial charge in [-0.2, -0.15) is 0 Å². The molecule has 0 aliphatic carbocycles. The summed E-state index contributed by atoms with van der Waals surface area (Å²) in [6.45, 7) is 1.13. The molecule has 0 aliphatic rings. The fraction of sp³-hybridized carbons (Fsp3) is 0.0455. The molecular formula is C44H30N10O2. The summed E-state index contributed by atoms with van der Waals surface area (Å²) in [5.74, 6) is 0. The summed E-state index contributed by atoms with van der Waals surface area (Å²) >= 11 is 0. The molecule has 10 rings (SSSR count). The Kier molecular flexibility index (Phi) is 9.02. The molecule has 0 unspecified atom stereocenters. The summed E-state index contributed by atoms with van der Waals surface area (Å²) in [6.07, 6.45) is 5.25. The molecule has 0 bridgehead atoms. The minimum atomic E-state index is 0.562. The number of pyridine rings is 4.